The SMILES string of the molecule is Cc1ccc(-c2ccc(C(C)O)o2)c(Br)c1. The van der Waals surface area contributed by atoms with E-state index in [1.807, 2.05) is 31.2 Å². The Balaban J connectivity index is 2.42. The Morgan fingerprint density at radius 3 is 2.56 bits per heavy atom. The van der Waals surface area contributed by atoms with Gasteiger partial charge in [0.1, 0.15) is 17.6 Å². The minimum atomic E-state index is -0.571. The molecule has 3 heteroatoms. The molecule has 2 rings (SSSR count). The van der Waals surface area contributed by atoms with Gasteiger partial charge in [-0.05, 0) is 43.7 Å². The third kappa shape index (κ3) is 2.20. The maximum absolute atomic E-state index is 9.39. The lowest BCUT2D eigenvalue weighted by molar-refractivity contribution is 0.170. The number of halogens is 1. The van der Waals surface area contributed by atoms with Gasteiger partial charge in [0, 0.05) is 10.0 Å². The first-order valence-corrected chi connectivity index (χ1v) is 5.91. The average molecular weight is 281 g/mol. The van der Waals surface area contributed by atoms with Crippen LogP contribution in [0.1, 0.15) is 24.4 Å². The summed E-state index contributed by atoms with van der Waals surface area (Å²) in [6, 6.07) is 9.75. The first-order chi connectivity index (χ1) is 7.58. The summed E-state index contributed by atoms with van der Waals surface area (Å²) in [6.45, 7) is 3.73. The first-order valence-electron chi connectivity index (χ1n) is 5.12. The van der Waals surface area contributed by atoms with E-state index in [9.17, 15) is 5.11 Å². The van der Waals surface area contributed by atoms with Crippen molar-refractivity contribution in [2.45, 2.75) is 20.0 Å². The number of aryl methyl sites for hydroxylation is 1. The van der Waals surface area contributed by atoms with Crippen molar-refractivity contribution in [1.29, 1.82) is 0 Å². The van der Waals surface area contributed by atoms with E-state index in [4.69, 9.17) is 4.42 Å². The number of hydrogen-bond donors (Lipinski definition) is 1. The molecule has 0 radical (unpaired) electrons. The molecule has 1 N–H and O–H groups in total. The molecule has 1 heterocycles. The highest BCUT2D eigenvalue weighted by molar-refractivity contribution is 9.10. The molecule has 2 nitrogen and oxygen atoms in total. The van der Waals surface area contributed by atoms with Crippen LogP contribution in [0.4, 0.5) is 0 Å². The molecule has 0 aliphatic carbocycles. The lowest BCUT2D eigenvalue weighted by Gasteiger charge is -2.03. The second-order valence-electron chi connectivity index (χ2n) is 3.86. The molecule has 16 heavy (non-hydrogen) atoms. The molecule has 1 atom stereocenters. The molecular formula is C13H13BrO2. The lowest BCUT2D eigenvalue weighted by Crippen LogP contribution is -1.85. The minimum absolute atomic E-state index is 0.571. The number of aliphatic hydroxyl groups excluding tert-OH is 1. The standard InChI is InChI=1S/C13H13BrO2/c1-8-3-4-10(11(14)7-8)13-6-5-12(16-13)9(2)15/h3-7,9,15H,1-2H3. The normalized spacial score (nSPS) is 12.8. The van der Waals surface area contributed by atoms with Crippen LogP contribution in [0.15, 0.2) is 39.2 Å². The monoisotopic (exact) mass is 280 g/mol. The molecule has 0 amide bonds. The van der Waals surface area contributed by atoms with Crippen LogP contribution in [0.5, 0.6) is 0 Å². The maximum atomic E-state index is 9.39. The molecule has 0 spiro atoms. The zero-order chi connectivity index (χ0) is 11.7. The van der Waals surface area contributed by atoms with Crippen LogP contribution < -0.4 is 0 Å². The third-order valence-electron chi connectivity index (χ3n) is 2.43. The van der Waals surface area contributed by atoms with Crippen LogP contribution in [-0.2, 0) is 0 Å². The van der Waals surface area contributed by atoms with Crippen molar-refractivity contribution in [3.63, 3.8) is 0 Å². The van der Waals surface area contributed by atoms with Gasteiger partial charge in [-0.15, -0.1) is 0 Å². The van der Waals surface area contributed by atoms with E-state index in [1.165, 1.54) is 5.56 Å². The number of furan rings is 1. The molecule has 1 aromatic heterocycles. The molecule has 0 aliphatic heterocycles. The quantitative estimate of drug-likeness (QED) is 0.900. The predicted octanol–water partition coefficient (Wildman–Crippen LogP) is 4.07. The van der Waals surface area contributed by atoms with Gasteiger partial charge in [-0.2, -0.15) is 0 Å². The van der Waals surface area contributed by atoms with Crippen LogP contribution in [0, 0.1) is 6.92 Å². The van der Waals surface area contributed by atoms with Gasteiger partial charge in [0.25, 0.3) is 0 Å². The van der Waals surface area contributed by atoms with Crippen LogP contribution in [0.3, 0.4) is 0 Å². The summed E-state index contributed by atoms with van der Waals surface area (Å²) in [7, 11) is 0. The van der Waals surface area contributed by atoms with Crippen LogP contribution in [0.25, 0.3) is 11.3 Å². The number of rotatable bonds is 2. The Morgan fingerprint density at radius 1 is 1.25 bits per heavy atom. The van der Waals surface area contributed by atoms with Gasteiger partial charge in [0.15, 0.2) is 0 Å². The van der Waals surface area contributed by atoms with E-state index in [-0.39, 0.29) is 0 Å². The molecule has 0 saturated carbocycles. The topological polar surface area (TPSA) is 33.4 Å². The molecule has 1 aromatic carbocycles. The number of benzene rings is 1. The smallest absolute Gasteiger partial charge is 0.135 e. The van der Waals surface area contributed by atoms with Crippen molar-refractivity contribution < 1.29 is 9.52 Å². The first kappa shape index (κ1) is 11.4. The summed E-state index contributed by atoms with van der Waals surface area (Å²) in [6.07, 6.45) is -0.571. The zero-order valence-corrected chi connectivity index (χ0v) is 10.8. The summed E-state index contributed by atoms with van der Waals surface area (Å²) in [5, 5.41) is 9.39. The fourth-order valence-electron chi connectivity index (χ4n) is 1.54. The summed E-state index contributed by atoms with van der Waals surface area (Å²) >= 11 is 3.51. The van der Waals surface area contributed by atoms with E-state index in [0.29, 0.717) is 5.76 Å². The van der Waals surface area contributed by atoms with Crippen molar-refractivity contribution >= 4 is 15.9 Å². The predicted molar refractivity (Wildman–Crippen MR) is 67.2 cm³/mol. The summed E-state index contributed by atoms with van der Waals surface area (Å²) in [4.78, 5) is 0. The van der Waals surface area contributed by atoms with E-state index >= 15 is 0 Å². The van der Waals surface area contributed by atoms with Gasteiger partial charge < -0.3 is 9.52 Å². The largest absolute Gasteiger partial charge is 0.458 e. The van der Waals surface area contributed by atoms with Gasteiger partial charge in [-0.1, -0.05) is 22.0 Å². The van der Waals surface area contributed by atoms with Crippen molar-refractivity contribution in [3.05, 3.63) is 46.1 Å². The van der Waals surface area contributed by atoms with Crippen molar-refractivity contribution in [1.82, 2.24) is 0 Å². The molecule has 1 unspecified atom stereocenters. The molecule has 2 aromatic rings. The molecule has 84 valence electrons. The van der Waals surface area contributed by atoms with E-state index in [1.54, 1.807) is 13.0 Å². The highest BCUT2D eigenvalue weighted by Crippen LogP contribution is 2.31. The molecule has 0 saturated heterocycles. The third-order valence-corrected chi connectivity index (χ3v) is 3.08. The highest BCUT2D eigenvalue weighted by atomic mass is 79.9. The van der Waals surface area contributed by atoms with Gasteiger partial charge >= 0.3 is 0 Å². The Hall–Kier alpha value is -1.06. The Morgan fingerprint density at radius 2 is 2.00 bits per heavy atom. The summed E-state index contributed by atoms with van der Waals surface area (Å²) in [5.74, 6) is 1.35. The summed E-state index contributed by atoms with van der Waals surface area (Å²) in [5.41, 5.74) is 2.19. The van der Waals surface area contributed by atoms with Crippen molar-refractivity contribution in [2.24, 2.45) is 0 Å². The van der Waals surface area contributed by atoms with Crippen molar-refractivity contribution in [2.75, 3.05) is 0 Å². The highest BCUT2D eigenvalue weighted by Gasteiger charge is 2.10. The van der Waals surface area contributed by atoms with Crippen molar-refractivity contribution in [3.8, 4) is 11.3 Å². The Kier molecular flexibility index (Phi) is 3.17. The maximum Gasteiger partial charge on any atom is 0.135 e. The van der Waals surface area contributed by atoms with E-state index < -0.39 is 6.10 Å². The van der Waals surface area contributed by atoms with Gasteiger partial charge in [0.2, 0.25) is 0 Å². The second kappa shape index (κ2) is 4.44. The Bertz CT molecular complexity index is 500. The lowest BCUT2D eigenvalue weighted by atomic mass is 10.1. The van der Waals surface area contributed by atoms with E-state index in [0.717, 1.165) is 15.8 Å². The fraction of sp³-hybridized carbons (Fsp3) is 0.231. The Labute approximate surface area is 103 Å². The second-order valence-corrected chi connectivity index (χ2v) is 4.72. The van der Waals surface area contributed by atoms with Crippen LogP contribution in [-0.4, -0.2) is 5.11 Å². The minimum Gasteiger partial charge on any atom is -0.458 e. The van der Waals surface area contributed by atoms with Gasteiger partial charge in [0.05, 0.1) is 0 Å². The van der Waals surface area contributed by atoms with Gasteiger partial charge in [-0.3, -0.25) is 0 Å². The average Bonchev–Trinajstić information content (AvgIpc) is 2.66. The number of hydrogen-bond acceptors (Lipinski definition) is 2. The van der Waals surface area contributed by atoms with E-state index in [2.05, 4.69) is 15.9 Å². The zero-order valence-electron chi connectivity index (χ0n) is 9.20. The molecule has 0 aliphatic rings. The van der Waals surface area contributed by atoms with Crippen LogP contribution in [0.2, 0.25) is 0 Å². The molecular weight excluding hydrogens is 268 g/mol. The fourth-order valence-corrected chi connectivity index (χ4v) is 2.23. The molecule has 0 bridgehead atoms. The summed E-state index contributed by atoms with van der Waals surface area (Å²) < 4.78 is 6.57. The van der Waals surface area contributed by atoms with Gasteiger partial charge in [-0.25, -0.2) is 0 Å². The molecule has 0 fully saturated rings. The number of aliphatic hydroxyl groups is 1. The van der Waals surface area contributed by atoms with Crippen LogP contribution >= 0.6 is 15.9 Å².